The molecule has 0 bridgehead atoms. The Morgan fingerprint density at radius 2 is 0.892 bits per heavy atom. The Balaban J connectivity index is 1.07. The maximum Gasteiger partial charge on any atom is 0.407 e. The maximum absolute atomic E-state index is 13.9. The van der Waals surface area contributed by atoms with Gasteiger partial charge < -0.3 is 50.8 Å². The predicted molar refractivity (Wildman–Crippen MR) is 242 cm³/mol. The zero-order valence-electron chi connectivity index (χ0n) is 39.9. The van der Waals surface area contributed by atoms with Crippen LogP contribution >= 0.6 is 0 Å². The summed E-state index contributed by atoms with van der Waals surface area (Å²) in [5, 5.41) is 17.9. The minimum atomic E-state index is -1.08. The maximum atomic E-state index is 13.9. The summed E-state index contributed by atoms with van der Waals surface area (Å²) >= 11 is 0. The molecule has 356 valence electrons. The van der Waals surface area contributed by atoms with E-state index in [0.29, 0.717) is 37.2 Å². The van der Waals surface area contributed by atoms with Crippen molar-refractivity contribution in [1.82, 2.24) is 41.7 Å². The van der Waals surface area contributed by atoms with E-state index in [1.54, 1.807) is 24.3 Å². The number of carbonyl (C=O) groups excluding carboxylic acids is 6. The number of hydrogen-bond donors (Lipinski definition) is 6. The minimum Gasteiger partial charge on any atom is -0.490 e. The van der Waals surface area contributed by atoms with E-state index in [9.17, 15) is 28.8 Å². The van der Waals surface area contributed by atoms with Gasteiger partial charge in [-0.25, -0.2) is 19.2 Å². The Bertz CT molecular complexity index is 1970. The van der Waals surface area contributed by atoms with Crippen molar-refractivity contribution in [1.29, 1.82) is 0 Å². The normalized spacial score (nSPS) is 22.2. The fourth-order valence-corrected chi connectivity index (χ4v) is 10.9. The van der Waals surface area contributed by atoms with Crippen molar-refractivity contribution in [2.24, 2.45) is 0 Å². The smallest absolute Gasteiger partial charge is 0.407 e. The number of imide groups is 2. The Morgan fingerprint density at radius 1 is 0.585 bits per heavy atom. The number of hydrogen-bond acceptors (Lipinski definition) is 12. The summed E-state index contributed by atoms with van der Waals surface area (Å²) in [6.45, 7) is 19.5. The van der Waals surface area contributed by atoms with Gasteiger partial charge in [-0.1, -0.05) is 38.1 Å². The van der Waals surface area contributed by atoms with Crippen LogP contribution in [0, 0.1) is 0 Å². The van der Waals surface area contributed by atoms with Gasteiger partial charge in [0.15, 0.2) is 12.2 Å². The quantitative estimate of drug-likeness (QED) is 0.143. The molecule has 4 aliphatic heterocycles. The van der Waals surface area contributed by atoms with E-state index in [1.165, 1.54) is 14.1 Å². The van der Waals surface area contributed by atoms with Crippen LogP contribution < -0.4 is 41.4 Å². The molecule has 2 aromatic rings. The lowest BCUT2D eigenvalue weighted by molar-refractivity contribution is -0.136. The molecule has 65 heavy (non-hydrogen) atoms. The molecule has 0 saturated carbocycles. The monoisotopic (exact) mass is 905 g/mol. The number of amides is 8. The second kappa shape index (κ2) is 17.6. The Labute approximate surface area is 381 Å². The van der Waals surface area contributed by atoms with Gasteiger partial charge in [0, 0.05) is 41.7 Å². The lowest BCUT2D eigenvalue weighted by Gasteiger charge is -2.50. The molecule has 0 radical (unpaired) electrons. The third-order valence-electron chi connectivity index (χ3n) is 12.6. The van der Waals surface area contributed by atoms with Crippen molar-refractivity contribution in [2.75, 3.05) is 40.4 Å². The van der Waals surface area contributed by atoms with Gasteiger partial charge in [0.2, 0.25) is 0 Å². The first-order chi connectivity index (χ1) is 30.1. The fourth-order valence-electron chi connectivity index (χ4n) is 10.9. The van der Waals surface area contributed by atoms with E-state index in [-0.39, 0.29) is 38.1 Å². The van der Waals surface area contributed by atoms with Crippen molar-refractivity contribution >= 4 is 36.1 Å². The van der Waals surface area contributed by atoms with E-state index >= 15 is 0 Å². The van der Waals surface area contributed by atoms with Gasteiger partial charge in [0.1, 0.15) is 35.8 Å². The second-order valence-corrected chi connectivity index (χ2v) is 21.2. The summed E-state index contributed by atoms with van der Waals surface area (Å²) in [6.07, 6.45) is -1.74. The van der Waals surface area contributed by atoms with Gasteiger partial charge in [-0.2, -0.15) is 0 Å². The third-order valence-corrected chi connectivity index (χ3v) is 12.6. The summed E-state index contributed by atoms with van der Waals surface area (Å²) in [5.74, 6) is 0.278. The summed E-state index contributed by atoms with van der Waals surface area (Å²) in [5.41, 5.74) is -2.35. The van der Waals surface area contributed by atoms with Crippen molar-refractivity contribution in [3.05, 3.63) is 59.7 Å². The number of nitrogens with zero attached hydrogens (tertiary/aromatic N) is 2. The average Bonchev–Trinajstić information content (AvgIpc) is 3.53. The highest BCUT2D eigenvalue weighted by atomic mass is 16.6. The number of benzene rings is 2. The Hall–Kier alpha value is -5.62. The van der Waals surface area contributed by atoms with E-state index in [0.717, 1.165) is 20.9 Å². The molecule has 2 unspecified atom stereocenters. The molecule has 6 N–H and O–H groups in total. The number of alkyl carbamates (subject to hydrolysis) is 2. The highest BCUT2D eigenvalue weighted by molar-refractivity contribution is 6.08. The molecule has 4 fully saturated rings. The van der Waals surface area contributed by atoms with E-state index in [2.05, 4.69) is 45.7 Å². The van der Waals surface area contributed by atoms with Gasteiger partial charge in [-0.3, -0.25) is 19.4 Å². The van der Waals surface area contributed by atoms with Gasteiger partial charge in [0.05, 0.1) is 13.1 Å². The lowest BCUT2D eigenvalue weighted by Crippen LogP contribution is -2.68. The molecule has 2 spiro atoms. The average molecular weight is 905 g/mol. The van der Waals surface area contributed by atoms with Crippen LogP contribution in [0.25, 0.3) is 0 Å². The molecular weight excluding hydrogens is 837 g/mol. The van der Waals surface area contributed by atoms with Crippen LogP contribution in [0.2, 0.25) is 0 Å². The molecule has 8 amide bonds. The number of nitrogens with one attached hydrogen (secondary N) is 6. The van der Waals surface area contributed by atoms with Crippen molar-refractivity contribution in [2.45, 2.75) is 146 Å². The number of ether oxygens (including phenoxy) is 4. The minimum absolute atomic E-state index is 0.119. The van der Waals surface area contributed by atoms with Gasteiger partial charge in [-0.15, -0.1) is 0 Å². The van der Waals surface area contributed by atoms with Crippen LogP contribution in [0.15, 0.2) is 48.5 Å². The molecule has 0 aliphatic carbocycles. The number of rotatable bonds is 14. The van der Waals surface area contributed by atoms with E-state index in [4.69, 9.17) is 18.9 Å². The Morgan fingerprint density at radius 3 is 1.18 bits per heavy atom. The summed E-state index contributed by atoms with van der Waals surface area (Å²) in [4.78, 5) is 81.4. The highest BCUT2D eigenvalue weighted by Crippen LogP contribution is 2.41. The molecule has 6 rings (SSSR count). The molecule has 2 aromatic carbocycles. The Kier molecular flexibility index (Phi) is 13.3. The van der Waals surface area contributed by atoms with E-state index in [1.807, 2.05) is 79.7 Å². The zero-order chi connectivity index (χ0) is 48.0. The fraction of sp³-hybridized carbons (Fsp3) is 0.617. The molecule has 2 atom stereocenters. The first kappa shape index (κ1) is 48.8. The molecule has 4 aliphatic rings. The van der Waals surface area contributed by atoms with E-state index < -0.39 is 75.1 Å². The van der Waals surface area contributed by atoms with Gasteiger partial charge in [0.25, 0.3) is 11.8 Å². The van der Waals surface area contributed by atoms with Crippen LogP contribution in [-0.4, -0.2) is 132 Å². The van der Waals surface area contributed by atoms with Gasteiger partial charge >= 0.3 is 24.2 Å². The standard InChI is InChI=1S/C47H68N8O10/c1-41(2)25-46(26-42(3,4)52-41)35(56)54(37(58)50-46)21-33(64-39(60)48-11)23-62-31-17-13-29(14-18-31)45(9,10)30-15-19-32(20-16-30)63-24-34(65-40(61)49-12)22-55-36(57)47(51-38(55)59)27-43(5,6)53-44(7,8)28-47/h13-20,33-34,52-53H,21-28H2,1-12H3,(H,48,60)(H,49,61)(H,50,58)(H,51,59). The second-order valence-electron chi connectivity index (χ2n) is 21.2. The van der Waals surface area contributed by atoms with Crippen LogP contribution in [0.4, 0.5) is 19.2 Å². The van der Waals surface area contributed by atoms with Crippen molar-refractivity contribution in [3.63, 3.8) is 0 Å². The van der Waals surface area contributed by atoms with Crippen molar-refractivity contribution < 1.29 is 47.7 Å². The number of piperidine rings is 2. The molecular formula is C47H68N8O10. The van der Waals surface area contributed by atoms with Crippen molar-refractivity contribution in [3.8, 4) is 11.5 Å². The lowest BCUT2D eigenvalue weighted by atomic mass is 9.71. The number of carbonyl (C=O) groups is 6. The molecule has 4 heterocycles. The predicted octanol–water partition coefficient (Wildman–Crippen LogP) is 4.68. The first-order valence-corrected chi connectivity index (χ1v) is 22.2. The highest BCUT2D eigenvalue weighted by Gasteiger charge is 2.60. The third kappa shape index (κ3) is 10.9. The summed E-state index contributed by atoms with van der Waals surface area (Å²) in [7, 11) is 2.85. The number of urea groups is 2. The molecule has 18 nitrogen and oxygen atoms in total. The van der Waals surface area contributed by atoms with Crippen LogP contribution in [-0.2, 0) is 24.5 Å². The first-order valence-electron chi connectivity index (χ1n) is 22.2. The van der Waals surface area contributed by atoms with Crippen LogP contribution in [0.5, 0.6) is 11.5 Å². The molecule has 0 aromatic heterocycles. The topological polar surface area (TPSA) is 218 Å². The largest absolute Gasteiger partial charge is 0.490 e. The summed E-state index contributed by atoms with van der Waals surface area (Å²) in [6, 6.07) is 13.9. The molecule has 4 saturated heterocycles. The zero-order valence-corrected chi connectivity index (χ0v) is 39.9. The van der Waals surface area contributed by atoms with Crippen LogP contribution in [0.1, 0.15) is 106 Å². The van der Waals surface area contributed by atoms with Gasteiger partial charge in [-0.05, 0) is 116 Å². The SMILES string of the molecule is CNC(=O)OC(COc1ccc(C(C)(C)c2ccc(OCC(CN3C(=O)NC4(CC(C)(C)NC(C)(C)C4)C3=O)OC(=O)NC)cc2)cc1)CN1C(=O)NC2(CC(C)(C)NC(C)(C)C2)C1=O. The molecule has 18 heteroatoms. The van der Waals surface area contributed by atoms with Crippen LogP contribution in [0.3, 0.4) is 0 Å². The summed E-state index contributed by atoms with van der Waals surface area (Å²) < 4.78 is 23.3.